The second-order valence-electron chi connectivity index (χ2n) is 8.31. The highest BCUT2D eigenvalue weighted by atomic mass is 16.5. The van der Waals surface area contributed by atoms with Crippen molar-refractivity contribution in [3.63, 3.8) is 0 Å². The number of carbonyl (C=O) groups excluding carboxylic acids is 2. The molecule has 2 aromatic heterocycles. The van der Waals surface area contributed by atoms with Gasteiger partial charge in [-0.25, -0.2) is 9.78 Å². The molecule has 0 saturated heterocycles. The molecule has 0 aliphatic carbocycles. The van der Waals surface area contributed by atoms with E-state index in [4.69, 9.17) is 4.74 Å². The number of hydrogen-bond acceptors (Lipinski definition) is 5. The highest BCUT2D eigenvalue weighted by Gasteiger charge is 2.31. The van der Waals surface area contributed by atoms with Crippen LogP contribution in [-0.4, -0.2) is 46.4 Å². The second-order valence-corrected chi connectivity index (χ2v) is 8.31. The third kappa shape index (κ3) is 5.10. The van der Waals surface area contributed by atoms with Gasteiger partial charge in [-0.3, -0.25) is 4.79 Å². The van der Waals surface area contributed by atoms with Gasteiger partial charge in [0.15, 0.2) is 0 Å². The van der Waals surface area contributed by atoms with E-state index in [0.29, 0.717) is 29.1 Å². The molecule has 8 heteroatoms. The molecule has 3 heterocycles. The fraction of sp³-hybridized carbons (Fsp3) is 0.143. The normalized spacial score (nSPS) is 14.6. The molecule has 5 rings (SSSR count). The Kier molecular flexibility index (Phi) is 6.45. The summed E-state index contributed by atoms with van der Waals surface area (Å²) in [5.74, 6) is 6.31. The zero-order chi connectivity index (χ0) is 24.9. The SMILES string of the molecule is CN1C(=O)C(NC(=O)n2cc(Cc3ccccc3)cn2)COc2ccc(C#Cc3ccccn3)cc21. The van der Waals surface area contributed by atoms with E-state index >= 15 is 0 Å². The fourth-order valence-electron chi connectivity index (χ4n) is 3.86. The largest absolute Gasteiger partial charge is 0.489 e. The van der Waals surface area contributed by atoms with Gasteiger partial charge >= 0.3 is 6.03 Å². The van der Waals surface area contributed by atoms with E-state index in [1.807, 2.05) is 54.6 Å². The number of fused-ring (bicyclic) bond motifs is 1. The van der Waals surface area contributed by atoms with Gasteiger partial charge < -0.3 is 15.0 Å². The molecular weight excluding hydrogens is 454 g/mol. The Morgan fingerprint density at radius 1 is 1.08 bits per heavy atom. The van der Waals surface area contributed by atoms with Crippen LogP contribution in [0.3, 0.4) is 0 Å². The van der Waals surface area contributed by atoms with Crippen molar-refractivity contribution in [2.24, 2.45) is 0 Å². The smallest absolute Gasteiger partial charge is 0.342 e. The predicted molar refractivity (Wildman–Crippen MR) is 135 cm³/mol. The molecule has 2 amide bonds. The molecule has 1 aliphatic rings. The number of anilines is 1. The standard InChI is InChI=1S/C28H23N5O3/c1-32-25-16-21(10-12-23-9-5-6-14-29-23)11-13-26(25)36-19-24(27(32)34)31-28(35)33-18-22(17-30-33)15-20-7-3-2-4-8-20/h2-9,11,13-14,16-18,24H,15,19H2,1H3,(H,31,35). The lowest BCUT2D eigenvalue weighted by Gasteiger charge is -2.20. The molecule has 0 bridgehead atoms. The summed E-state index contributed by atoms with van der Waals surface area (Å²) in [7, 11) is 1.65. The van der Waals surface area contributed by atoms with E-state index in [1.54, 1.807) is 37.8 Å². The molecule has 1 atom stereocenters. The highest BCUT2D eigenvalue weighted by molar-refractivity contribution is 6.00. The molecule has 0 fully saturated rings. The molecule has 1 unspecified atom stereocenters. The third-order valence-electron chi connectivity index (χ3n) is 5.75. The van der Waals surface area contributed by atoms with Gasteiger partial charge in [-0.2, -0.15) is 9.78 Å². The van der Waals surface area contributed by atoms with E-state index in [-0.39, 0.29) is 12.5 Å². The molecule has 0 spiro atoms. The van der Waals surface area contributed by atoms with E-state index in [9.17, 15) is 9.59 Å². The van der Waals surface area contributed by atoms with Crippen LogP contribution in [0.2, 0.25) is 0 Å². The topological polar surface area (TPSA) is 89.4 Å². The third-order valence-corrected chi connectivity index (χ3v) is 5.75. The number of ether oxygens (including phenoxy) is 1. The van der Waals surface area contributed by atoms with Crippen LogP contribution in [0.5, 0.6) is 5.75 Å². The molecule has 4 aromatic rings. The first-order chi connectivity index (χ1) is 17.6. The summed E-state index contributed by atoms with van der Waals surface area (Å²) in [6, 6.07) is 19.5. The van der Waals surface area contributed by atoms with Gasteiger partial charge in [0.05, 0.1) is 11.9 Å². The van der Waals surface area contributed by atoms with E-state index < -0.39 is 12.1 Å². The Morgan fingerprint density at radius 3 is 2.72 bits per heavy atom. The minimum atomic E-state index is -0.875. The molecule has 2 aromatic carbocycles. The average molecular weight is 478 g/mol. The number of benzene rings is 2. The summed E-state index contributed by atoms with van der Waals surface area (Å²) >= 11 is 0. The molecular formula is C28H23N5O3. The number of hydrogen-bond donors (Lipinski definition) is 1. The van der Waals surface area contributed by atoms with Gasteiger partial charge in [0.2, 0.25) is 0 Å². The zero-order valence-corrected chi connectivity index (χ0v) is 19.6. The minimum Gasteiger partial charge on any atom is -0.489 e. The number of rotatable bonds is 3. The molecule has 0 radical (unpaired) electrons. The highest BCUT2D eigenvalue weighted by Crippen LogP contribution is 2.31. The first kappa shape index (κ1) is 22.9. The van der Waals surface area contributed by atoms with Crippen LogP contribution in [0.25, 0.3) is 0 Å². The number of carbonyl (C=O) groups is 2. The zero-order valence-electron chi connectivity index (χ0n) is 19.6. The Morgan fingerprint density at radius 2 is 1.92 bits per heavy atom. The predicted octanol–water partition coefficient (Wildman–Crippen LogP) is 3.25. The molecule has 178 valence electrons. The molecule has 1 aliphatic heterocycles. The number of nitrogens with zero attached hydrogens (tertiary/aromatic N) is 4. The van der Waals surface area contributed by atoms with Crippen LogP contribution in [0.4, 0.5) is 10.5 Å². The summed E-state index contributed by atoms with van der Waals surface area (Å²) in [6.45, 7) is -0.000977. The first-order valence-corrected chi connectivity index (χ1v) is 11.4. The average Bonchev–Trinajstić information content (AvgIpc) is 3.35. The van der Waals surface area contributed by atoms with Gasteiger partial charge in [0.1, 0.15) is 24.1 Å². The van der Waals surface area contributed by atoms with Gasteiger partial charge in [-0.1, -0.05) is 42.3 Å². The van der Waals surface area contributed by atoms with Crippen molar-refractivity contribution in [2.45, 2.75) is 12.5 Å². The van der Waals surface area contributed by atoms with Crippen LogP contribution >= 0.6 is 0 Å². The van der Waals surface area contributed by atoms with Crippen molar-refractivity contribution in [1.82, 2.24) is 20.1 Å². The monoisotopic (exact) mass is 477 g/mol. The maximum atomic E-state index is 13.2. The number of likely N-dealkylation sites (N-methyl/N-ethyl adjacent to an activating group) is 1. The van der Waals surface area contributed by atoms with Crippen molar-refractivity contribution in [3.8, 4) is 17.6 Å². The van der Waals surface area contributed by atoms with Gasteiger partial charge in [0, 0.05) is 31.4 Å². The maximum Gasteiger partial charge on any atom is 0.342 e. The molecule has 36 heavy (non-hydrogen) atoms. The van der Waals surface area contributed by atoms with E-state index in [2.05, 4.69) is 27.2 Å². The Labute approximate surface area is 208 Å². The van der Waals surface area contributed by atoms with Gasteiger partial charge in [-0.15, -0.1) is 0 Å². The van der Waals surface area contributed by atoms with Gasteiger partial charge in [-0.05, 0) is 47.4 Å². The van der Waals surface area contributed by atoms with Crippen LogP contribution in [0.15, 0.2) is 85.3 Å². The van der Waals surface area contributed by atoms with Crippen LogP contribution in [0, 0.1) is 11.8 Å². The lowest BCUT2D eigenvalue weighted by atomic mass is 10.1. The van der Waals surface area contributed by atoms with Crippen molar-refractivity contribution in [1.29, 1.82) is 0 Å². The van der Waals surface area contributed by atoms with Gasteiger partial charge in [0.25, 0.3) is 5.91 Å². The summed E-state index contributed by atoms with van der Waals surface area (Å²) in [5.41, 5.74) is 3.96. The second kappa shape index (κ2) is 10.2. The number of nitrogens with one attached hydrogen (secondary N) is 1. The maximum absolute atomic E-state index is 13.2. The van der Waals surface area contributed by atoms with Crippen molar-refractivity contribution in [2.75, 3.05) is 18.6 Å². The number of aromatic nitrogens is 3. The van der Waals surface area contributed by atoms with E-state index in [1.165, 1.54) is 9.58 Å². The van der Waals surface area contributed by atoms with Crippen LogP contribution < -0.4 is 15.0 Å². The van der Waals surface area contributed by atoms with Crippen molar-refractivity contribution in [3.05, 3.63) is 108 Å². The fourth-order valence-corrected chi connectivity index (χ4v) is 3.86. The number of amides is 2. The minimum absolute atomic E-state index is 0.000977. The lowest BCUT2D eigenvalue weighted by molar-refractivity contribution is -0.120. The van der Waals surface area contributed by atoms with Crippen molar-refractivity contribution < 1.29 is 14.3 Å². The number of pyridine rings is 1. The molecule has 1 N–H and O–H groups in total. The summed E-state index contributed by atoms with van der Waals surface area (Å²) < 4.78 is 7.08. The van der Waals surface area contributed by atoms with E-state index in [0.717, 1.165) is 11.1 Å². The summed E-state index contributed by atoms with van der Waals surface area (Å²) in [5, 5.41) is 6.90. The molecule has 8 nitrogen and oxygen atoms in total. The van der Waals surface area contributed by atoms with Crippen LogP contribution in [-0.2, 0) is 11.2 Å². The lowest BCUT2D eigenvalue weighted by Crippen LogP contribution is -2.50. The Balaban J connectivity index is 1.28. The first-order valence-electron chi connectivity index (χ1n) is 11.4. The molecule has 0 saturated carbocycles. The quantitative estimate of drug-likeness (QED) is 0.458. The summed E-state index contributed by atoms with van der Waals surface area (Å²) in [6.07, 6.45) is 5.65. The summed E-state index contributed by atoms with van der Waals surface area (Å²) in [4.78, 5) is 31.7. The van der Waals surface area contributed by atoms with Crippen molar-refractivity contribution >= 4 is 17.6 Å². The Bertz CT molecular complexity index is 1450. The Hall–Kier alpha value is -4.90. The van der Waals surface area contributed by atoms with Crippen LogP contribution in [0.1, 0.15) is 22.4 Å².